The van der Waals surface area contributed by atoms with Crippen molar-refractivity contribution < 1.29 is 4.79 Å². The Kier molecular flexibility index (Phi) is 6.40. The smallest absolute Gasteiger partial charge is 0.224 e. The number of pyridine rings is 1. The third-order valence-corrected chi connectivity index (χ3v) is 7.06. The zero-order valence-electron chi connectivity index (χ0n) is 16.6. The molecule has 1 amide bonds. The number of thiophene rings is 1. The highest BCUT2D eigenvalue weighted by molar-refractivity contribution is 7.10. The van der Waals surface area contributed by atoms with Gasteiger partial charge in [0.25, 0.3) is 0 Å². The predicted molar refractivity (Wildman–Crippen MR) is 113 cm³/mol. The molecule has 0 saturated carbocycles. The lowest BCUT2D eigenvalue weighted by Gasteiger charge is -2.34. The Balaban J connectivity index is 1.24. The van der Waals surface area contributed by atoms with Gasteiger partial charge in [0.2, 0.25) is 5.91 Å². The second-order valence-electron chi connectivity index (χ2n) is 8.12. The highest BCUT2D eigenvalue weighted by Gasteiger charge is 2.27. The van der Waals surface area contributed by atoms with Gasteiger partial charge in [0.15, 0.2) is 0 Å². The van der Waals surface area contributed by atoms with Crippen LogP contribution in [0.15, 0.2) is 36.0 Å². The molecule has 150 valence electrons. The van der Waals surface area contributed by atoms with E-state index in [4.69, 9.17) is 0 Å². The summed E-state index contributed by atoms with van der Waals surface area (Å²) in [6.45, 7) is 7.85. The molecule has 4 rings (SSSR count). The van der Waals surface area contributed by atoms with Crippen LogP contribution in [0.25, 0.3) is 0 Å². The molecule has 5 nitrogen and oxygen atoms in total. The first-order valence-corrected chi connectivity index (χ1v) is 11.3. The number of rotatable bonds is 6. The lowest BCUT2D eigenvalue weighted by molar-refractivity contribution is -0.127. The van der Waals surface area contributed by atoms with E-state index in [-0.39, 0.29) is 11.8 Å². The fraction of sp³-hybridized carbons (Fsp3) is 0.545. The molecule has 1 saturated heterocycles. The van der Waals surface area contributed by atoms with Crippen molar-refractivity contribution in [3.05, 3.63) is 52.0 Å². The molecule has 4 heterocycles. The van der Waals surface area contributed by atoms with Gasteiger partial charge in [0.1, 0.15) is 0 Å². The van der Waals surface area contributed by atoms with Crippen LogP contribution in [-0.2, 0) is 24.3 Å². The molecule has 2 aliphatic heterocycles. The molecule has 1 N–H and O–H groups in total. The predicted octanol–water partition coefficient (Wildman–Crippen LogP) is 2.92. The summed E-state index contributed by atoms with van der Waals surface area (Å²) in [4.78, 5) is 23.4. The van der Waals surface area contributed by atoms with Crippen molar-refractivity contribution in [1.82, 2.24) is 20.1 Å². The SMILES string of the molecule is CC(CNC(=O)C1CCCN(Cc2cccnc2)C1)N1CCc2sccc2C1. The van der Waals surface area contributed by atoms with Gasteiger partial charge in [-0.2, -0.15) is 0 Å². The molecular formula is C22H30N4OS. The van der Waals surface area contributed by atoms with Crippen molar-refractivity contribution in [3.8, 4) is 0 Å². The molecule has 6 heteroatoms. The van der Waals surface area contributed by atoms with E-state index < -0.39 is 0 Å². The first-order valence-electron chi connectivity index (χ1n) is 10.4. The molecule has 2 aromatic heterocycles. The van der Waals surface area contributed by atoms with Gasteiger partial charge in [-0.05, 0) is 61.4 Å². The second kappa shape index (κ2) is 9.16. The average Bonchev–Trinajstić information content (AvgIpc) is 3.20. The molecule has 2 unspecified atom stereocenters. The number of carbonyl (C=O) groups excluding carboxylic acids is 1. The zero-order valence-corrected chi connectivity index (χ0v) is 17.5. The number of aromatic nitrogens is 1. The zero-order chi connectivity index (χ0) is 19.3. The number of likely N-dealkylation sites (tertiary alicyclic amines) is 1. The van der Waals surface area contributed by atoms with E-state index in [1.54, 1.807) is 6.20 Å². The summed E-state index contributed by atoms with van der Waals surface area (Å²) in [6, 6.07) is 6.70. The van der Waals surface area contributed by atoms with Crippen LogP contribution in [0.1, 0.15) is 35.8 Å². The molecule has 2 aromatic rings. The monoisotopic (exact) mass is 398 g/mol. The molecule has 0 aliphatic carbocycles. The van der Waals surface area contributed by atoms with Crippen molar-refractivity contribution in [2.45, 2.75) is 45.3 Å². The van der Waals surface area contributed by atoms with Crippen LogP contribution < -0.4 is 5.32 Å². The Labute approximate surface area is 171 Å². The van der Waals surface area contributed by atoms with E-state index in [1.165, 1.54) is 16.0 Å². The van der Waals surface area contributed by atoms with E-state index in [0.29, 0.717) is 6.04 Å². The van der Waals surface area contributed by atoms with Crippen LogP contribution in [0.2, 0.25) is 0 Å². The van der Waals surface area contributed by atoms with Crippen LogP contribution in [-0.4, -0.2) is 52.9 Å². The van der Waals surface area contributed by atoms with Gasteiger partial charge in [0.05, 0.1) is 5.92 Å². The van der Waals surface area contributed by atoms with Crippen LogP contribution in [0, 0.1) is 5.92 Å². The maximum Gasteiger partial charge on any atom is 0.224 e. The molecule has 0 aromatic carbocycles. The van der Waals surface area contributed by atoms with Crippen LogP contribution in [0.3, 0.4) is 0 Å². The summed E-state index contributed by atoms with van der Waals surface area (Å²) < 4.78 is 0. The Morgan fingerprint density at radius 1 is 1.39 bits per heavy atom. The second-order valence-corrected chi connectivity index (χ2v) is 9.12. The highest BCUT2D eigenvalue weighted by Crippen LogP contribution is 2.25. The summed E-state index contributed by atoms with van der Waals surface area (Å²) in [6.07, 6.45) is 6.94. The molecule has 0 spiro atoms. The minimum absolute atomic E-state index is 0.0995. The lowest BCUT2D eigenvalue weighted by Crippen LogP contribution is -2.47. The summed E-state index contributed by atoms with van der Waals surface area (Å²) in [5, 5.41) is 5.43. The first-order chi connectivity index (χ1) is 13.7. The maximum atomic E-state index is 12.8. The summed E-state index contributed by atoms with van der Waals surface area (Å²) in [7, 11) is 0. The largest absolute Gasteiger partial charge is 0.354 e. The molecule has 2 aliphatic rings. The fourth-order valence-electron chi connectivity index (χ4n) is 4.33. The van der Waals surface area contributed by atoms with Crippen LogP contribution in [0.5, 0.6) is 0 Å². The van der Waals surface area contributed by atoms with Gasteiger partial charge in [-0.3, -0.25) is 19.6 Å². The van der Waals surface area contributed by atoms with Gasteiger partial charge in [0, 0.05) is 56.0 Å². The quantitative estimate of drug-likeness (QED) is 0.813. The number of fused-ring (bicyclic) bond motifs is 1. The Morgan fingerprint density at radius 2 is 2.32 bits per heavy atom. The van der Waals surface area contributed by atoms with Gasteiger partial charge in [-0.15, -0.1) is 11.3 Å². The molecular weight excluding hydrogens is 368 g/mol. The third-order valence-electron chi connectivity index (χ3n) is 6.04. The van der Waals surface area contributed by atoms with Gasteiger partial charge in [-0.25, -0.2) is 0 Å². The number of nitrogens with zero attached hydrogens (tertiary/aromatic N) is 3. The topological polar surface area (TPSA) is 48.5 Å². The number of hydrogen-bond donors (Lipinski definition) is 1. The molecule has 0 bridgehead atoms. The van der Waals surface area contributed by atoms with E-state index >= 15 is 0 Å². The molecule has 2 atom stereocenters. The van der Waals surface area contributed by atoms with Crippen molar-refractivity contribution in [1.29, 1.82) is 0 Å². The van der Waals surface area contributed by atoms with Crippen molar-refractivity contribution in [3.63, 3.8) is 0 Å². The van der Waals surface area contributed by atoms with Crippen LogP contribution in [0.4, 0.5) is 0 Å². The fourth-order valence-corrected chi connectivity index (χ4v) is 5.22. The Hall–Kier alpha value is -1.76. The standard InChI is InChI=1S/C22H30N4OS/c1-17(26-10-6-21-19(16-26)7-11-28-21)12-24-22(27)20-5-3-9-25(15-20)14-18-4-2-8-23-13-18/h2,4,7-8,11,13,17,20H,3,5-6,9-10,12,14-16H2,1H3,(H,24,27). The number of piperidine rings is 1. The van der Waals surface area contributed by atoms with Crippen LogP contribution >= 0.6 is 11.3 Å². The maximum absolute atomic E-state index is 12.8. The highest BCUT2D eigenvalue weighted by atomic mass is 32.1. The van der Waals surface area contributed by atoms with E-state index in [9.17, 15) is 4.79 Å². The number of nitrogens with one attached hydrogen (secondary N) is 1. The summed E-state index contributed by atoms with van der Waals surface area (Å²) in [5.41, 5.74) is 2.68. The average molecular weight is 399 g/mol. The van der Waals surface area contributed by atoms with Crippen molar-refractivity contribution in [2.75, 3.05) is 26.2 Å². The van der Waals surface area contributed by atoms with E-state index in [0.717, 1.165) is 58.5 Å². The Morgan fingerprint density at radius 3 is 3.18 bits per heavy atom. The number of hydrogen-bond acceptors (Lipinski definition) is 5. The third kappa shape index (κ3) is 4.80. The minimum atomic E-state index is 0.0995. The summed E-state index contributed by atoms with van der Waals surface area (Å²) >= 11 is 1.87. The van der Waals surface area contributed by atoms with Gasteiger partial charge >= 0.3 is 0 Å². The normalized spacial score (nSPS) is 21.8. The Bertz CT molecular complexity index is 778. The molecule has 1 fully saturated rings. The molecule has 0 radical (unpaired) electrons. The minimum Gasteiger partial charge on any atom is -0.354 e. The van der Waals surface area contributed by atoms with Crippen molar-refractivity contribution >= 4 is 17.2 Å². The van der Waals surface area contributed by atoms with Crippen molar-refractivity contribution in [2.24, 2.45) is 5.92 Å². The van der Waals surface area contributed by atoms with E-state index in [2.05, 4.69) is 44.5 Å². The van der Waals surface area contributed by atoms with E-state index in [1.807, 2.05) is 23.6 Å². The molecule has 28 heavy (non-hydrogen) atoms. The number of carbonyl (C=O) groups is 1. The first kappa shape index (κ1) is 19.6. The van der Waals surface area contributed by atoms with Gasteiger partial charge in [-0.1, -0.05) is 6.07 Å². The lowest BCUT2D eigenvalue weighted by atomic mass is 9.96. The summed E-state index contributed by atoms with van der Waals surface area (Å²) in [5.74, 6) is 0.318. The van der Waals surface area contributed by atoms with Gasteiger partial charge < -0.3 is 5.32 Å². The number of amides is 1.